The molecule has 0 saturated heterocycles. The number of aromatic nitrogens is 1. The van der Waals surface area contributed by atoms with Gasteiger partial charge in [-0.2, -0.15) is 4.98 Å². The second-order valence-electron chi connectivity index (χ2n) is 8.13. The van der Waals surface area contributed by atoms with Gasteiger partial charge in [0.15, 0.2) is 17.1 Å². The van der Waals surface area contributed by atoms with Crippen LogP contribution < -0.4 is 14.4 Å². The molecule has 1 unspecified atom stereocenters. The lowest BCUT2D eigenvalue weighted by molar-refractivity contribution is -0.142. The van der Waals surface area contributed by atoms with E-state index in [0.29, 0.717) is 17.0 Å². The molecule has 0 aliphatic carbocycles. The molecule has 4 aromatic rings. The highest BCUT2D eigenvalue weighted by Crippen LogP contribution is 2.40. The molecule has 1 atom stereocenters. The largest absolute Gasteiger partial charge is 0.493 e. The minimum atomic E-state index is -0.759. The summed E-state index contributed by atoms with van der Waals surface area (Å²) in [5.74, 6) is -0.228. The highest BCUT2D eigenvalue weighted by Gasteiger charge is 2.37. The average Bonchev–Trinajstić information content (AvgIpc) is 3.30. The van der Waals surface area contributed by atoms with Gasteiger partial charge in [0.25, 0.3) is 6.01 Å². The molecule has 0 radical (unpaired) electrons. The molecule has 180 valence electrons. The number of fused-ring (bicyclic) bond motifs is 2. The van der Waals surface area contributed by atoms with Crippen LogP contribution in [-0.4, -0.2) is 31.2 Å². The number of esters is 1. The third-order valence-electron chi connectivity index (χ3n) is 6.01. The van der Waals surface area contributed by atoms with E-state index in [1.54, 1.807) is 23.1 Å². The first-order chi connectivity index (χ1) is 17.0. The normalized spacial score (nSPS) is 15.1. The minimum Gasteiger partial charge on any atom is -0.493 e. The van der Waals surface area contributed by atoms with Crippen molar-refractivity contribution in [2.75, 3.05) is 19.1 Å². The van der Waals surface area contributed by atoms with Crippen LogP contribution in [0.4, 0.5) is 14.8 Å². The molecule has 0 fully saturated rings. The molecule has 0 amide bonds. The summed E-state index contributed by atoms with van der Waals surface area (Å²) in [6.07, 6.45) is 0.241. The molecule has 1 aliphatic rings. The lowest BCUT2D eigenvalue weighted by Gasteiger charge is -2.35. The fraction of sp³-hybridized carbons (Fsp3) is 0.231. The van der Waals surface area contributed by atoms with Gasteiger partial charge in [0.1, 0.15) is 29.8 Å². The van der Waals surface area contributed by atoms with E-state index >= 15 is 0 Å². The van der Waals surface area contributed by atoms with Crippen molar-refractivity contribution in [2.24, 2.45) is 0 Å². The van der Waals surface area contributed by atoms with Crippen molar-refractivity contribution in [3.63, 3.8) is 0 Å². The minimum absolute atomic E-state index is 0.191. The molecule has 0 bridgehead atoms. The molecule has 3 aromatic carbocycles. The van der Waals surface area contributed by atoms with E-state index < -0.39 is 17.8 Å². The first kappa shape index (κ1) is 22.6. The number of hydrogen-bond donors (Lipinski definition) is 0. The number of methoxy groups -OCH3 is 2. The zero-order chi connectivity index (χ0) is 24.5. The topological polar surface area (TPSA) is 74.0 Å². The molecule has 7 nitrogen and oxygen atoms in total. The SMILES string of the molecule is COC(=O)C1Cc2c(ccc(OC)c2OCc2ccc(F)cc2)CN1c1nc2ccc(F)cc2o1. The summed E-state index contributed by atoms with van der Waals surface area (Å²) in [6.45, 7) is 0.470. The molecule has 1 aliphatic heterocycles. The van der Waals surface area contributed by atoms with Crippen LogP contribution in [0.2, 0.25) is 0 Å². The van der Waals surface area contributed by atoms with Gasteiger partial charge in [0.2, 0.25) is 0 Å². The molecule has 1 aromatic heterocycles. The number of halogens is 2. The van der Waals surface area contributed by atoms with Crippen LogP contribution in [0.15, 0.2) is 59.0 Å². The van der Waals surface area contributed by atoms with E-state index in [0.717, 1.165) is 16.7 Å². The number of rotatable bonds is 6. The van der Waals surface area contributed by atoms with Gasteiger partial charge >= 0.3 is 5.97 Å². The Kier molecular flexibility index (Phi) is 5.98. The fourth-order valence-electron chi connectivity index (χ4n) is 4.23. The van der Waals surface area contributed by atoms with Gasteiger partial charge in [-0.25, -0.2) is 13.6 Å². The van der Waals surface area contributed by atoms with Crippen LogP contribution in [0.25, 0.3) is 11.1 Å². The molecule has 0 saturated carbocycles. The average molecular weight is 480 g/mol. The van der Waals surface area contributed by atoms with Gasteiger partial charge in [0.05, 0.1) is 14.2 Å². The summed E-state index contributed by atoms with van der Waals surface area (Å²) < 4.78 is 49.4. The third-order valence-corrected chi connectivity index (χ3v) is 6.01. The number of ether oxygens (including phenoxy) is 3. The van der Waals surface area contributed by atoms with Gasteiger partial charge in [-0.05, 0) is 41.5 Å². The van der Waals surface area contributed by atoms with Crippen molar-refractivity contribution in [2.45, 2.75) is 25.6 Å². The number of carbonyl (C=O) groups is 1. The van der Waals surface area contributed by atoms with Gasteiger partial charge in [-0.1, -0.05) is 18.2 Å². The standard InChI is InChI=1S/C26H22F2N2O5/c1-32-22-10-5-16-13-30(26-29-20-9-8-18(28)11-23(20)35-26)21(25(31)33-2)12-19(16)24(22)34-14-15-3-6-17(27)7-4-15/h3-11,21H,12-14H2,1-2H3. The second-order valence-corrected chi connectivity index (χ2v) is 8.13. The van der Waals surface area contributed by atoms with Crippen molar-refractivity contribution in [1.29, 1.82) is 0 Å². The van der Waals surface area contributed by atoms with E-state index in [9.17, 15) is 13.6 Å². The molecule has 9 heteroatoms. The smallest absolute Gasteiger partial charge is 0.329 e. The van der Waals surface area contributed by atoms with Crippen molar-refractivity contribution in [1.82, 2.24) is 4.98 Å². The zero-order valence-corrected chi connectivity index (χ0v) is 19.1. The predicted octanol–water partition coefficient (Wildman–Crippen LogP) is 4.80. The molecular weight excluding hydrogens is 458 g/mol. The Balaban J connectivity index is 1.52. The van der Waals surface area contributed by atoms with Crippen LogP contribution >= 0.6 is 0 Å². The Morgan fingerprint density at radius 3 is 2.60 bits per heavy atom. The fourth-order valence-corrected chi connectivity index (χ4v) is 4.23. The maximum atomic E-state index is 13.7. The highest BCUT2D eigenvalue weighted by molar-refractivity contribution is 5.82. The maximum Gasteiger partial charge on any atom is 0.329 e. The number of nitrogens with zero attached hydrogens (tertiary/aromatic N) is 2. The van der Waals surface area contributed by atoms with E-state index in [4.69, 9.17) is 18.6 Å². The van der Waals surface area contributed by atoms with Crippen LogP contribution in [0, 0.1) is 11.6 Å². The number of anilines is 1. The first-order valence-electron chi connectivity index (χ1n) is 10.9. The van der Waals surface area contributed by atoms with Crippen molar-refractivity contribution >= 4 is 23.1 Å². The summed E-state index contributed by atoms with van der Waals surface area (Å²) >= 11 is 0. The summed E-state index contributed by atoms with van der Waals surface area (Å²) in [6, 6.07) is 13.2. The van der Waals surface area contributed by atoms with E-state index in [1.165, 1.54) is 44.6 Å². The van der Waals surface area contributed by atoms with Crippen LogP contribution in [-0.2, 0) is 29.1 Å². The second kappa shape index (κ2) is 9.25. The Labute approximate surface area is 199 Å². The Morgan fingerprint density at radius 2 is 1.86 bits per heavy atom. The van der Waals surface area contributed by atoms with Crippen LogP contribution in [0.5, 0.6) is 11.5 Å². The predicted molar refractivity (Wildman–Crippen MR) is 123 cm³/mol. The molecule has 0 spiro atoms. The molecule has 35 heavy (non-hydrogen) atoms. The first-order valence-corrected chi connectivity index (χ1v) is 10.9. The summed E-state index contributed by atoms with van der Waals surface area (Å²) in [7, 11) is 2.85. The highest BCUT2D eigenvalue weighted by atomic mass is 19.1. The summed E-state index contributed by atoms with van der Waals surface area (Å²) in [5.41, 5.74) is 3.22. The Bertz CT molecular complexity index is 1390. The molecule has 5 rings (SSSR count). The van der Waals surface area contributed by atoms with E-state index in [-0.39, 0.29) is 37.0 Å². The van der Waals surface area contributed by atoms with Crippen molar-refractivity contribution in [3.8, 4) is 11.5 Å². The lowest BCUT2D eigenvalue weighted by Crippen LogP contribution is -2.46. The molecule has 0 N–H and O–H groups in total. The van der Waals surface area contributed by atoms with Crippen molar-refractivity contribution < 1.29 is 32.2 Å². The van der Waals surface area contributed by atoms with Crippen LogP contribution in [0.1, 0.15) is 16.7 Å². The van der Waals surface area contributed by atoms with Gasteiger partial charge in [0, 0.05) is 24.6 Å². The van der Waals surface area contributed by atoms with E-state index in [2.05, 4.69) is 4.98 Å². The zero-order valence-electron chi connectivity index (χ0n) is 19.1. The quantitative estimate of drug-likeness (QED) is 0.367. The maximum absolute atomic E-state index is 13.7. The molecule has 2 heterocycles. The van der Waals surface area contributed by atoms with E-state index in [1.807, 2.05) is 6.07 Å². The molecular formula is C26H22F2N2O5. The Hall–Kier alpha value is -4.14. The number of benzene rings is 3. The number of hydrogen-bond acceptors (Lipinski definition) is 7. The number of oxazole rings is 1. The van der Waals surface area contributed by atoms with Gasteiger partial charge < -0.3 is 23.5 Å². The van der Waals surface area contributed by atoms with Crippen LogP contribution in [0.3, 0.4) is 0 Å². The van der Waals surface area contributed by atoms with Crippen molar-refractivity contribution in [3.05, 3.63) is 82.9 Å². The van der Waals surface area contributed by atoms with Gasteiger partial charge in [-0.3, -0.25) is 0 Å². The van der Waals surface area contributed by atoms with Gasteiger partial charge in [-0.15, -0.1) is 0 Å². The summed E-state index contributed by atoms with van der Waals surface area (Å²) in [5, 5.41) is 0. The summed E-state index contributed by atoms with van der Waals surface area (Å²) in [4.78, 5) is 19.0. The monoisotopic (exact) mass is 480 g/mol. The lowest BCUT2D eigenvalue weighted by atomic mass is 9.92. The Morgan fingerprint density at radius 1 is 1.09 bits per heavy atom. The third kappa shape index (κ3) is 4.37. The number of carbonyl (C=O) groups excluding carboxylic acids is 1.